The van der Waals surface area contributed by atoms with Crippen LogP contribution in [0.5, 0.6) is 0 Å². The van der Waals surface area contributed by atoms with Crippen LogP contribution < -0.4 is 5.32 Å². The number of benzene rings is 1. The summed E-state index contributed by atoms with van der Waals surface area (Å²) in [5, 5.41) is 12.4. The standard InChI is InChI=1S/C16H23ClN2O3/c1-11(14(20)21)9-19(4)15(22)18-10-16(2,3)12-6-5-7-13(17)8-12/h5-8,11H,9-10H2,1-4H3,(H,18,22)(H,20,21). The second kappa shape index (κ2) is 7.49. The normalized spacial score (nSPS) is 12.6. The summed E-state index contributed by atoms with van der Waals surface area (Å²) in [5.41, 5.74) is 0.752. The highest BCUT2D eigenvalue weighted by Crippen LogP contribution is 2.24. The highest BCUT2D eigenvalue weighted by molar-refractivity contribution is 6.30. The van der Waals surface area contributed by atoms with Gasteiger partial charge in [-0.25, -0.2) is 4.79 Å². The van der Waals surface area contributed by atoms with Crippen molar-refractivity contribution in [2.24, 2.45) is 5.92 Å². The Hall–Kier alpha value is -1.75. The van der Waals surface area contributed by atoms with E-state index in [-0.39, 0.29) is 18.0 Å². The highest BCUT2D eigenvalue weighted by atomic mass is 35.5. The zero-order valence-electron chi connectivity index (χ0n) is 13.4. The van der Waals surface area contributed by atoms with Gasteiger partial charge in [-0.15, -0.1) is 0 Å². The molecule has 0 aliphatic rings. The summed E-state index contributed by atoms with van der Waals surface area (Å²) in [6, 6.07) is 7.24. The molecule has 0 aliphatic heterocycles. The van der Waals surface area contributed by atoms with E-state index in [2.05, 4.69) is 5.32 Å². The van der Waals surface area contributed by atoms with Crippen LogP contribution in [0.25, 0.3) is 0 Å². The molecule has 0 fully saturated rings. The van der Waals surface area contributed by atoms with E-state index >= 15 is 0 Å². The maximum absolute atomic E-state index is 12.0. The van der Waals surface area contributed by atoms with Crippen LogP contribution >= 0.6 is 11.6 Å². The molecule has 0 bridgehead atoms. The summed E-state index contributed by atoms with van der Waals surface area (Å²) in [4.78, 5) is 24.2. The first-order valence-corrected chi connectivity index (χ1v) is 7.49. The van der Waals surface area contributed by atoms with Gasteiger partial charge in [0.25, 0.3) is 0 Å². The molecule has 0 spiro atoms. The molecule has 0 saturated carbocycles. The first kappa shape index (κ1) is 18.3. The van der Waals surface area contributed by atoms with Crippen molar-refractivity contribution in [3.05, 3.63) is 34.9 Å². The molecule has 122 valence electrons. The molecule has 5 nitrogen and oxygen atoms in total. The number of rotatable bonds is 6. The molecule has 22 heavy (non-hydrogen) atoms. The first-order valence-electron chi connectivity index (χ1n) is 7.11. The number of carbonyl (C=O) groups excluding carboxylic acids is 1. The van der Waals surface area contributed by atoms with E-state index in [9.17, 15) is 9.59 Å². The molecule has 0 radical (unpaired) electrons. The lowest BCUT2D eigenvalue weighted by molar-refractivity contribution is -0.141. The van der Waals surface area contributed by atoms with Gasteiger partial charge < -0.3 is 15.3 Å². The molecule has 1 aromatic rings. The average molecular weight is 327 g/mol. The molecule has 1 rings (SSSR count). The Morgan fingerprint density at radius 3 is 2.59 bits per heavy atom. The Labute approximate surface area is 136 Å². The molecule has 0 aliphatic carbocycles. The van der Waals surface area contributed by atoms with Gasteiger partial charge in [-0.3, -0.25) is 4.79 Å². The van der Waals surface area contributed by atoms with Crippen LogP contribution in [-0.4, -0.2) is 42.1 Å². The van der Waals surface area contributed by atoms with Crippen LogP contribution in [0, 0.1) is 5.92 Å². The average Bonchev–Trinajstić information content (AvgIpc) is 2.44. The smallest absolute Gasteiger partial charge is 0.317 e. The van der Waals surface area contributed by atoms with E-state index in [1.54, 1.807) is 20.0 Å². The van der Waals surface area contributed by atoms with E-state index < -0.39 is 11.9 Å². The third-order valence-corrected chi connectivity index (χ3v) is 3.84. The van der Waals surface area contributed by atoms with Crippen molar-refractivity contribution in [1.82, 2.24) is 10.2 Å². The minimum atomic E-state index is -0.918. The number of nitrogens with zero attached hydrogens (tertiary/aromatic N) is 1. The van der Waals surface area contributed by atoms with Gasteiger partial charge in [-0.1, -0.05) is 44.5 Å². The predicted molar refractivity (Wildman–Crippen MR) is 87.3 cm³/mol. The van der Waals surface area contributed by atoms with Crippen molar-refractivity contribution < 1.29 is 14.7 Å². The Morgan fingerprint density at radius 2 is 2.05 bits per heavy atom. The number of carboxylic acids is 1. The third-order valence-electron chi connectivity index (χ3n) is 3.60. The van der Waals surface area contributed by atoms with Crippen molar-refractivity contribution in [3.63, 3.8) is 0 Å². The molecule has 2 N–H and O–H groups in total. The minimum Gasteiger partial charge on any atom is -0.481 e. The van der Waals surface area contributed by atoms with Crippen LogP contribution in [0.3, 0.4) is 0 Å². The number of halogens is 1. The minimum absolute atomic E-state index is 0.165. The Balaban J connectivity index is 2.60. The summed E-state index contributed by atoms with van der Waals surface area (Å²) in [5.74, 6) is -1.52. The zero-order chi connectivity index (χ0) is 16.9. The molecule has 1 atom stereocenters. The van der Waals surface area contributed by atoms with Gasteiger partial charge in [-0.2, -0.15) is 0 Å². The number of hydrogen-bond donors (Lipinski definition) is 2. The molecule has 1 aromatic carbocycles. The van der Waals surface area contributed by atoms with Crippen LogP contribution in [-0.2, 0) is 10.2 Å². The molecule has 0 aromatic heterocycles. The first-order chi connectivity index (χ1) is 10.1. The molecular formula is C16H23ClN2O3. The predicted octanol–water partition coefficient (Wildman–Crippen LogP) is 2.98. The molecular weight excluding hydrogens is 304 g/mol. The molecule has 1 unspecified atom stereocenters. The van der Waals surface area contributed by atoms with Crippen LogP contribution in [0.1, 0.15) is 26.3 Å². The van der Waals surface area contributed by atoms with Crippen LogP contribution in [0.2, 0.25) is 5.02 Å². The Morgan fingerprint density at radius 1 is 1.41 bits per heavy atom. The van der Waals surface area contributed by atoms with E-state index in [0.717, 1.165) is 5.56 Å². The zero-order valence-corrected chi connectivity index (χ0v) is 14.1. The maximum Gasteiger partial charge on any atom is 0.317 e. The van der Waals surface area contributed by atoms with Gasteiger partial charge in [0, 0.05) is 30.6 Å². The van der Waals surface area contributed by atoms with Gasteiger partial charge >= 0.3 is 12.0 Å². The summed E-state index contributed by atoms with van der Waals surface area (Å²) < 4.78 is 0. The van der Waals surface area contributed by atoms with Gasteiger partial charge in [0.05, 0.1) is 5.92 Å². The Kier molecular flexibility index (Phi) is 6.23. The molecule has 2 amide bonds. The fraction of sp³-hybridized carbons (Fsp3) is 0.500. The third kappa shape index (κ3) is 5.22. The lowest BCUT2D eigenvalue weighted by Crippen LogP contribution is -2.45. The number of carboxylic acid groups (broad SMARTS) is 1. The number of carbonyl (C=O) groups is 2. The van der Waals surface area contributed by atoms with E-state index in [4.69, 9.17) is 16.7 Å². The van der Waals surface area contributed by atoms with Gasteiger partial charge in [0.1, 0.15) is 0 Å². The second-order valence-corrected chi connectivity index (χ2v) is 6.61. The van der Waals surface area contributed by atoms with E-state index in [0.29, 0.717) is 11.6 Å². The SMILES string of the molecule is CC(CN(C)C(=O)NCC(C)(C)c1cccc(Cl)c1)C(=O)O. The van der Waals surface area contributed by atoms with Crippen molar-refractivity contribution in [2.45, 2.75) is 26.2 Å². The fourth-order valence-corrected chi connectivity index (χ4v) is 2.21. The fourth-order valence-electron chi connectivity index (χ4n) is 2.01. The van der Waals surface area contributed by atoms with Crippen molar-refractivity contribution in [2.75, 3.05) is 20.1 Å². The number of urea groups is 1. The maximum atomic E-state index is 12.0. The van der Waals surface area contributed by atoms with Crippen LogP contribution in [0.4, 0.5) is 4.79 Å². The monoisotopic (exact) mass is 326 g/mol. The topological polar surface area (TPSA) is 69.6 Å². The van der Waals surface area contributed by atoms with E-state index in [1.165, 1.54) is 4.90 Å². The number of hydrogen-bond acceptors (Lipinski definition) is 2. The summed E-state index contributed by atoms with van der Waals surface area (Å²) in [6.45, 7) is 6.19. The van der Waals surface area contributed by atoms with Gasteiger partial charge in [-0.05, 0) is 17.7 Å². The highest BCUT2D eigenvalue weighted by Gasteiger charge is 2.23. The molecule has 6 heteroatoms. The summed E-state index contributed by atoms with van der Waals surface area (Å²) >= 11 is 6.00. The Bertz CT molecular complexity index is 546. The van der Waals surface area contributed by atoms with Crippen molar-refractivity contribution >= 4 is 23.6 Å². The van der Waals surface area contributed by atoms with Crippen molar-refractivity contribution in [3.8, 4) is 0 Å². The van der Waals surface area contributed by atoms with Crippen molar-refractivity contribution in [1.29, 1.82) is 0 Å². The summed E-state index contributed by atoms with van der Waals surface area (Å²) in [6.07, 6.45) is 0. The van der Waals surface area contributed by atoms with Gasteiger partial charge in [0.2, 0.25) is 0 Å². The number of aliphatic carboxylic acids is 1. The largest absolute Gasteiger partial charge is 0.481 e. The lowest BCUT2D eigenvalue weighted by Gasteiger charge is -2.28. The molecule has 0 saturated heterocycles. The number of amides is 2. The van der Waals surface area contributed by atoms with Crippen LogP contribution in [0.15, 0.2) is 24.3 Å². The van der Waals surface area contributed by atoms with E-state index in [1.807, 2.05) is 32.0 Å². The lowest BCUT2D eigenvalue weighted by atomic mass is 9.84. The molecule has 0 heterocycles. The second-order valence-electron chi connectivity index (χ2n) is 6.17. The number of nitrogens with one attached hydrogen (secondary N) is 1. The van der Waals surface area contributed by atoms with Gasteiger partial charge in [0.15, 0.2) is 0 Å². The summed E-state index contributed by atoms with van der Waals surface area (Å²) in [7, 11) is 1.58. The quantitative estimate of drug-likeness (QED) is 0.844.